The topological polar surface area (TPSA) is 64.9 Å². The van der Waals surface area contributed by atoms with Gasteiger partial charge in [-0.3, -0.25) is 4.79 Å². The van der Waals surface area contributed by atoms with Gasteiger partial charge in [0.15, 0.2) is 11.5 Å². The molecule has 4 rings (SSSR count). The summed E-state index contributed by atoms with van der Waals surface area (Å²) in [6.45, 7) is 0.318. The molecule has 1 amide bonds. The molecule has 0 spiro atoms. The van der Waals surface area contributed by atoms with Crippen molar-refractivity contribution in [3.8, 4) is 11.5 Å². The first-order valence-corrected chi connectivity index (χ1v) is 8.77. The summed E-state index contributed by atoms with van der Waals surface area (Å²) in [5.74, 6) is 1.42. The molecule has 1 aliphatic carbocycles. The van der Waals surface area contributed by atoms with Gasteiger partial charge in [0.05, 0.1) is 12.8 Å². The van der Waals surface area contributed by atoms with Gasteiger partial charge >= 0.3 is 0 Å². The van der Waals surface area contributed by atoms with Gasteiger partial charge in [0.2, 0.25) is 5.91 Å². The third kappa shape index (κ3) is 3.35. The largest absolute Gasteiger partial charge is 0.493 e. The number of anilines is 1. The van der Waals surface area contributed by atoms with Crippen molar-refractivity contribution < 1.29 is 14.3 Å². The second-order valence-corrected chi connectivity index (χ2v) is 6.47. The van der Waals surface area contributed by atoms with Gasteiger partial charge in [0.1, 0.15) is 12.3 Å². The van der Waals surface area contributed by atoms with Gasteiger partial charge in [-0.25, -0.2) is 4.98 Å². The number of amides is 1. The molecule has 1 saturated carbocycles. The van der Waals surface area contributed by atoms with Crippen molar-refractivity contribution in [2.75, 3.05) is 12.4 Å². The van der Waals surface area contributed by atoms with E-state index < -0.39 is 0 Å². The molecular formula is C20H21N3O3. The first kappa shape index (κ1) is 16.4. The zero-order valence-corrected chi connectivity index (χ0v) is 14.6. The van der Waals surface area contributed by atoms with Crippen molar-refractivity contribution in [1.29, 1.82) is 0 Å². The molecule has 0 aliphatic heterocycles. The maximum absolute atomic E-state index is 12.1. The highest BCUT2D eigenvalue weighted by Gasteiger charge is 2.25. The Bertz CT molecular complexity index is 898. The summed E-state index contributed by atoms with van der Waals surface area (Å²) >= 11 is 0. The number of rotatable bonds is 6. The fourth-order valence-electron chi connectivity index (χ4n) is 2.99. The smallest absolute Gasteiger partial charge is 0.227 e. The zero-order valence-electron chi connectivity index (χ0n) is 14.6. The maximum Gasteiger partial charge on any atom is 0.227 e. The standard InChI is InChI=1S/C20H21N3O3/c1-25-17-9-8-15(22-20(24)14-5-4-6-14)11-18(17)26-13-16-12-23-10-3-2-7-19(23)21-16/h2-3,7-12,14H,4-6,13H2,1H3,(H,22,24). The minimum absolute atomic E-state index is 0.0766. The predicted octanol–water partition coefficient (Wildman–Crippen LogP) is 3.66. The molecule has 2 aromatic heterocycles. The molecule has 0 radical (unpaired) electrons. The van der Waals surface area contributed by atoms with Crippen LogP contribution in [0.1, 0.15) is 25.0 Å². The summed E-state index contributed by atoms with van der Waals surface area (Å²) in [4.78, 5) is 16.7. The monoisotopic (exact) mass is 351 g/mol. The molecule has 1 fully saturated rings. The van der Waals surface area contributed by atoms with Crippen LogP contribution < -0.4 is 14.8 Å². The molecule has 0 saturated heterocycles. The Morgan fingerprint density at radius 1 is 1.27 bits per heavy atom. The van der Waals surface area contributed by atoms with E-state index >= 15 is 0 Å². The number of imidazole rings is 1. The summed E-state index contributed by atoms with van der Waals surface area (Å²) in [5.41, 5.74) is 2.41. The Hall–Kier alpha value is -3.02. The van der Waals surface area contributed by atoms with E-state index in [1.165, 1.54) is 0 Å². The van der Waals surface area contributed by atoms with E-state index in [1.807, 2.05) is 41.1 Å². The highest BCUT2D eigenvalue weighted by Crippen LogP contribution is 2.32. The van der Waals surface area contributed by atoms with Gasteiger partial charge in [-0.2, -0.15) is 0 Å². The van der Waals surface area contributed by atoms with Crippen LogP contribution in [0.2, 0.25) is 0 Å². The van der Waals surface area contributed by atoms with Gasteiger partial charge in [0.25, 0.3) is 0 Å². The van der Waals surface area contributed by atoms with Crippen molar-refractivity contribution >= 4 is 17.2 Å². The number of fused-ring (bicyclic) bond motifs is 1. The third-order valence-corrected chi connectivity index (χ3v) is 4.70. The van der Waals surface area contributed by atoms with Crippen molar-refractivity contribution in [3.05, 3.63) is 54.5 Å². The van der Waals surface area contributed by atoms with Crippen LogP contribution in [0.15, 0.2) is 48.8 Å². The van der Waals surface area contributed by atoms with Crippen LogP contribution >= 0.6 is 0 Å². The molecule has 134 valence electrons. The van der Waals surface area contributed by atoms with E-state index in [-0.39, 0.29) is 11.8 Å². The number of pyridine rings is 1. The van der Waals surface area contributed by atoms with Crippen LogP contribution in [-0.2, 0) is 11.4 Å². The molecular weight excluding hydrogens is 330 g/mol. The molecule has 26 heavy (non-hydrogen) atoms. The van der Waals surface area contributed by atoms with Crippen LogP contribution in [0, 0.1) is 5.92 Å². The SMILES string of the molecule is COc1ccc(NC(=O)C2CCC2)cc1OCc1cn2ccccc2n1. The highest BCUT2D eigenvalue weighted by molar-refractivity contribution is 5.93. The molecule has 6 nitrogen and oxygen atoms in total. The van der Waals surface area contributed by atoms with Gasteiger partial charge in [0, 0.05) is 30.1 Å². The van der Waals surface area contributed by atoms with E-state index in [9.17, 15) is 4.79 Å². The normalized spacial score (nSPS) is 14.0. The molecule has 0 atom stereocenters. The Morgan fingerprint density at radius 3 is 2.88 bits per heavy atom. The van der Waals surface area contributed by atoms with Gasteiger partial charge in [-0.15, -0.1) is 0 Å². The number of nitrogens with zero attached hydrogens (tertiary/aromatic N) is 2. The maximum atomic E-state index is 12.1. The van der Waals surface area contributed by atoms with E-state index in [0.29, 0.717) is 23.8 Å². The number of aromatic nitrogens is 2. The molecule has 1 aliphatic rings. The van der Waals surface area contributed by atoms with Crippen molar-refractivity contribution in [3.63, 3.8) is 0 Å². The van der Waals surface area contributed by atoms with Gasteiger partial charge < -0.3 is 19.2 Å². The summed E-state index contributed by atoms with van der Waals surface area (Å²) in [6.07, 6.45) is 6.96. The number of benzene rings is 1. The van der Waals surface area contributed by atoms with Crippen LogP contribution in [0.4, 0.5) is 5.69 Å². The number of ether oxygens (including phenoxy) is 2. The van der Waals surface area contributed by atoms with Crippen LogP contribution in [0.3, 0.4) is 0 Å². The highest BCUT2D eigenvalue weighted by atomic mass is 16.5. The van der Waals surface area contributed by atoms with Crippen molar-refractivity contribution in [1.82, 2.24) is 9.38 Å². The van der Waals surface area contributed by atoms with E-state index in [0.717, 1.165) is 30.6 Å². The number of methoxy groups -OCH3 is 1. The first-order chi connectivity index (χ1) is 12.7. The number of carbonyl (C=O) groups is 1. The van der Waals surface area contributed by atoms with Crippen LogP contribution in [0.25, 0.3) is 5.65 Å². The predicted molar refractivity (Wildman–Crippen MR) is 98.5 cm³/mol. The minimum Gasteiger partial charge on any atom is -0.493 e. The molecule has 1 aromatic carbocycles. The zero-order chi connectivity index (χ0) is 17.9. The third-order valence-electron chi connectivity index (χ3n) is 4.70. The number of nitrogens with one attached hydrogen (secondary N) is 1. The lowest BCUT2D eigenvalue weighted by atomic mass is 9.85. The molecule has 6 heteroatoms. The molecule has 0 bridgehead atoms. The average Bonchev–Trinajstić information content (AvgIpc) is 3.01. The molecule has 3 aromatic rings. The Labute approximate surface area is 151 Å². The van der Waals surface area contributed by atoms with E-state index in [4.69, 9.17) is 9.47 Å². The Kier molecular flexibility index (Phi) is 4.48. The summed E-state index contributed by atoms with van der Waals surface area (Å²) in [7, 11) is 1.60. The van der Waals surface area contributed by atoms with Crippen LogP contribution in [-0.4, -0.2) is 22.4 Å². The fourth-order valence-corrected chi connectivity index (χ4v) is 2.99. The second kappa shape index (κ2) is 7.07. The first-order valence-electron chi connectivity index (χ1n) is 8.77. The quantitative estimate of drug-likeness (QED) is 0.736. The lowest BCUT2D eigenvalue weighted by Gasteiger charge is -2.24. The van der Waals surface area contributed by atoms with Crippen LogP contribution in [0.5, 0.6) is 11.5 Å². The van der Waals surface area contributed by atoms with E-state index in [2.05, 4.69) is 10.3 Å². The minimum atomic E-state index is 0.0766. The lowest BCUT2D eigenvalue weighted by molar-refractivity contribution is -0.122. The molecule has 2 heterocycles. The number of hydrogen-bond donors (Lipinski definition) is 1. The van der Waals surface area contributed by atoms with Gasteiger partial charge in [-0.05, 0) is 37.1 Å². The Balaban J connectivity index is 1.48. The van der Waals surface area contributed by atoms with Crippen molar-refractivity contribution in [2.24, 2.45) is 5.92 Å². The Morgan fingerprint density at radius 2 is 2.15 bits per heavy atom. The summed E-state index contributed by atoms with van der Waals surface area (Å²) < 4.78 is 13.2. The van der Waals surface area contributed by atoms with E-state index in [1.54, 1.807) is 19.2 Å². The summed E-state index contributed by atoms with van der Waals surface area (Å²) in [6, 6.07) is 11.3. The molecule has 1 N–H and O–H groups in total. The lowest BCUT2D eigenvalue weighted by Crippen LogP contribution is -2.28. The fraction of sp³-hybridized carbons (Fsp3) is 0.300. The van der Waals surface area contributed by atoms with Gasteiger partial charge in [-0.1, -0.05) is 12.5 Å². The number of hydrogen-bond acceptors (Lipinski definition) is 4. The molecule has 0 unspecified atom stereocenters. The van der Waals surface area contributed by atoms with Crippen molar-refractivity contribution in [2.45, 2.75) is 25.9 Å². The summed E-state index contributed by atoms with van der Waals surface area (Å²) in [5, 5.41) is 2.96. The number of carbonyl (C=O) groups excluding carboxylic acids is 1. The average molecular weight is 351 g/mol. The second-order valence-electron chi connectivity index (χ2n) is 6.47.